The Labute approximate surface area is 157 Å². The number of nitrogens with zero attached hydrogens (tertiary/aromatic N) is 3. The Morgan fingerprint density at radius 3 is 1.78 bits per heavy atom. The number of nitro groups is 1. The molecule has 2 N–H and O–H groups in total. The van der Waals surface area contributed by atoms with Crippen LogP contribution >= 0.6 is 0 Å². The quantitative estimate of drug-likeness (QED) is 0.477. The van der Waals surface area contributed by atoms with Crippen LogP contribution in [0.3, 0.4) is 0 Å². The molecule has 7 nitrogen and oxygen atoms in total. The summed E-state index contributed by atoms with van der Waals surface area (Å²) in [6.45, 7) is 3.80. The maximum Gasteiger partial charge on any atom is 0.353 e. The molecule has 138 valence electrons. The van der Waals surface area contributed by atoms with Crippen LogP contribution < -0.4 is 10.6 Å². The molecule has 3 aromatic rings. The van der Waals surface area contributed by atoms with Gasteiger partial charge < -0.3 is 10.6 Å². The molecule has 0 aliphatic heterocycles. The molecule has 2 aromatic carbocycles. The molecule has 0 bridgehead atoms. The zero-order valence-corrected chi connectivity index (χ0v) is 15.2. The zero-order valence-electron chi connectivity index (χ0n) is 15.2. The minimum Gasteiger partial charge on any atom is -0.362 e. The van der Waals surface area contributed by atoms with Crippen molar-refractivity contribution in [3.8, 4) is 0 Å². The fraction of sp³-hybridized carbons (Fsp3) is 0.200. The lowest BCUT2D eigenvalue weighted by Crippen LogP contribution is -2.17. The molecule has 0 aliphatic rings. The number of aromatic nitrogens is 2. The molecule has 0 radical (unpaired) electrons. The van der Waals surface area contributed by atoms with Crippen molar-refractivity contribution in [2.75, 3.05) is 10.6 Å². The van der Waals surface area contributed by atoms with Crippen LogP contribution in [0.1, 0.15) is 31.0 Å². The van der Waals surface area contributed by atoms with Crippen LogP contribution in [-0.2, 0) is 0 Å². The summed E-state index contributed by atoms with van der Waals surface area (Å²) in [5.41, 5.74) is 1.80. The second kappa shape index (κ2) is 8.27. The van der Waals surface area contributed by atoms with E-state index in [4.69, 9.17) is 0 Å². The Morgan fingerprint density at radius 1 is 0.852 bits per heavy atom. The average molecular weight is 363 g/mol. The Balaban J connectivity index is 2.05. The van der Waals surface area contributed by atoms with Gasteiger partial charge in [-0.2, -0.15) is 0 Å². The lowest BCUT2D eigenvalue weighted by atomic mass is 9.99. The second-order valence-corrected chi connectivity index (χ2v) is 6.37. The van der Waals surface area contributed by atoms with E-state index in [1.807, 2.05) is 74.5 Å². The van der Waals surface area contributed by atoms with E-state index in [2.05, 4.69) is 20.6 Å². The van der Waals surface area contributed by atoms with Crippen molar-refractivity contribution in [3.63, 3.8) is 0 Å². The molecule has 0 aliphatic carbocycles. The summed E-state index contributed by atoms with van der Waals surface area (Å²) in [5, 5.41) is 18.0. The maximum atomic E-state index is 11.7. The van der Waals surface area contributed by atoms with Gasteiger partial charge in [-0.3, -0.25) is 10.1 Å². The van der Waals surface area contributed by atoms with Crippen LogP contribution in [0.2, 0.25) is 0 Å². The molecule has 0 saturated carbocycles. The van der Waals surface area contributed by atoms with Crippen LogP contribution in [0.15, 0.2) is 67.0 Å². The third-order valence-corrected chi connectivity index (χ3v) is 3.98. The van der Waals surface area contributed by atoms with Gasteiger partial charge in [-0.25, -0.2) is 9.97 Å². The van der Waals surface area contributed by atoms with Gasteiger partial charge in [0.2, 0.25) is 11.6 Å². The zero-order chi connectivity index (χ0) is 19.2. The van der Waals surface area contributed by atoms with E-state index in [1.165, 1.54) is 6.33 Å². The van der Waals surface area contributed by atoms with Crippen LogP contribution in [0, 0.1) is 10.1 Å². The van der Waals surface area contributed by atoms with E-state index in [1.54, 1.807) is 0 Å². The highest BCUT2D eigenvalue weighted by Gasteiger charge is 2.26. The lowest BCUT2D eigenvalue weighted by Gasteiger charge is -2.21. The summed E-state index contributed by atoms with van der Waals surface area (Å²) in [7, 11) is 0. The predicted octanol–water partition coefficient (Wildman–Crippen LogP) is 4.41. The van der Waals surface area contributed by atoms with Crippen molar-refractivity contribution in [1.29, 1.82) is 0 Å². The molecule has 1 aromatic heterocycles. The highest BCUT2D eigenvalue weighted by molar-refractivity contribution is 5.70. The normalized spacial score (nSPS) is 10.8. The summed E-state index contributed by atoms with van der Waals surface area (Å²) in [4.78, 5) is 19.5. The van der Waals surface area contributed by atoms with E-state index >= 15 is 0 Å². The predicted molar refractivity (Wildman–Crippen MR) is 106 cm³/mol. The number of anilines is 2. The Hall–Kier alpha value is -3.48. The molecular weight excluding hydrogens is 342 g/mol. The number of hydrogen-bond acceptors (Lipinski definition) is 6. The van der Waals surface area contributed by atoms with Crippen molar-refractivity contribution in [3.05, 3.63) is 88.2 Å². The first-order valence-corrected chi connectivity index (χ1v) is 8.68. The van der Waals surface area contributed by atoms with Crippen molar-refractivity contribution in [2.45, 2.75) is 25.9 Å². The standard InChI is InChI=1S/C20H21N5O2/c1-14(2)23-19-18(25(26)27)20(22-13-21-19)24-17(15-9-5-3-6-10-15)16-11-7-4-8-12-16/h3-14,17H,1-2H3,(H2,21,22,23,24). The topological polar surface area (TPSA) is 93.0 Å². The molecule has 7 heteroatoms. The van der Waals surface area contributed by atoms with Gasteiger partial charge in [0, 0.05) is 6.04 Å². The van der Waals surface area contributed by atoms with Crippen LogP contribution in [0.25, 0.3) is 0 Å². The van der Waals surface area contributed by atoms with E-state index in [0.717, 1.165) is 11.1 Å². The largest absolute Gasteiger partial charge is 0.362 e. The molecule has 3 rings (SSSR count). The average Bonchev–Trinajstić information content (AvgIpc) is 2.67. The number of nitrogens with one attached hydrogen (secondary N) is 2. The van der Waals surface area contributed by atoms with Gasteiger partial charge in [0.05, 0.1) is 11.0 Å². The lowest BCUT2D eigenvalue weighted by molar-refractivity contribution is -0.383. The molecule has 0 atom stereocenters. The summed E-state index contributed by atoms with van der Waals surface area (Å²) in [6, 6.07) is 19.2. The number of hydrogen-bond donors (Lipinski definition) is 2. The Morgan fingerprint density at radius 2 is 1.33 bits per heavy atom. The summed E-state index contributed by atoms with van der Waals surface area (Å²) < 4.78 is 0. The third kappa shape index (κ3) is 4.38. The van der Waals surface area contributed by atoms with Crippen LogP contribution in [0.4, 0.5) is 17.3 Å². The van der Waals surface area contributed by atoms with Gasteiger partial charge in [-0.15, -0.1) is 0 Å². The summed E-state index contributed by atoms with van der Waals surface area (Å²) in [6.07, 6.45) is 1.33. The summed E-state index contributed by atoms with van der Waals surface area (Å²) in [5.74, 6) is 0.378. The molecular formula is C20H21N5O2. The molecule has 0 saturated heterocycles. The smallest absolute Gasteiger partial charge is 0.353 e. The first-order chi connectivity index (χ1) is 13.1. The van der Waals surface area contributed by atoms with Gasteiger partial charge in [0.1, 0.15) is 6.33 Å². The second-order valence-electron chi connectivity index (χ2n) is 6.37. The SMILES string of the molecule is CC(C)Nc1ncnc(NC(c2ccccc2)c2ccccc2)c1[N+](=O)[O-]. The Bertz CT molecular complexity index is 861. The van der Waals surface area contributed by atoms with E-state index in [0.29, 0.717) is 0 Å². The molecule has 0 amide bonds. The van der Waals surface area contributed by atoms with Crippen LogP contribution in [-0.4, -0.2) is 20.9 Å². The maximum absolute atomic E-state index is 11.7. The van der Waals surface area contributed by atoms with Gasteiger partial charge in [-0.1, -0.05) is 60.7 Å². The van der Waals surface area contributed by atoms with E-state index in [-0.39, 0.29) is 29.4 Å². The van der Waals surface area contributed by atoms with Crippen molar-refractivity contribution >= 4 is 17.3 Å². The molecule has 0 spiro atoms. The van der Waals surface area contributed by atoms with E-state index in [9.17, 15) is 10.1 Å². The minimum atomic E-state index is -0.458. The molecule has 0 fully saturated rings. The van der Waals surface area contributed by atoms with Crippen LogP contribution in [0.5, 0.6) is 0 Å². The van der Waals surface area contributed by atoms with Gasteiger partial charge in [0.25, 0.3) is 0 Å². The first-order valence-electron chi connectivity index (χ1n) is 8.68. The number of rotatable bonds is 7. The highest BCUT2D eigenvalue weighted by Crippen LogP contribution is 2.34. The van der Waals surface area contributed by atoms with Crippen molar-refractivity contribution in [2.24, 2.45) is 0 Å². The third-order valence-electron chi connectivity index (χ3n) is 3.98. The monoisotopic (exact) mass is 363 g/mol. The first kappa shape index (κ1) is 18.3. The fourth-order valence-corrected chi connectivity index (χ4v) is 2.82. The van der Waals surface area contributed by atoms with Crippen molar-refractivity contribution in [1.82, 2.24) is 9.97 Å². The van der Waals surface area contributed by atoms with E-state index < -0.39 is 4.92 Å². The van der Waals surface area contributed by atoms with Gasteiger partial charge in [0.15, 0.2) is 0 Å². The molecule has 1 heterocycles. The van der Waals surface area contributed by atoms with Crippen molar-refractivity contribution < 1.29 is 4.92 Å². The molecule has 0 unspecified atom stereocenters. The number of benzene rings is 2. The minimum absolute atomic E-state index is 0.00509. The Kier molecular flexibility index (Phi) is 5.61. The van der Waals surface area contributed by atoms with Gasteiger partial charge in [-0.05, 0) is 25.0 Å². The summed E-state index contributed by atoms with van der Waals surface area (Å²) >= 11 is 0. The van der Waals surface area contributed by atoms with Gasteiger partial charge >= 0.3 is 5.69 Å². The highest BCUT2D eigenvalue weighted by atomic mass is 16.6. The molecule has 27 heavy (non-hydrogen) atoms. The fourth-order valence-electron chi connectivity index (χ4n) is 2.82.